The van der Waals surface area contributed by atoms with E-state index in [4.69, 9.17) is 9.47 Å². The summed E-state index contributed by atoms with van der Waals surface area (Å²) in [6.45, 7) is 1.68. The predicted molar refractivity (Wildman–Crippen MR) is 50.6 cm³/mol. The fraction of sp³-hybridized carbons (Fsp3) is 0.300. The van der Waals surface area contributed by atoms with Gasteiger partial charge in [-0.25, -0.2) is 0 Å². The molecular formula is C10H12O4. The number of methoxy groups -OCH3 is 1. The average molecular weight is 196 g/mol. The van der Waals surface area contributed by atoms with Gasteiger partial charge in [-0.05, 0) is 12.1 Å². The van der Waals surface area contributed by atoms with E-state index in [9.17, 15) is 9.90 Å². The fourth-order valence-corrected chi connectivity index (χ4v) is 0.905. The molecule has 14 heavy (non-hydrogen) atoms. The van der Waals surface area contributed by atoms with Gasteiger partial charge >= 0.3 is 5.97 Å². The van der Waals surface area contributed by atoms with Crippen molar-refractivity contribution < 1.29 is 19.4 Å². The van der Waals surface area contributed by atoms with Crippen LogP contribution in [0.1, 0.15) is 13.3 Å². The average Bonchev–Trinajstić information content (AvgIpc) is 2.20. The number of benzene rings is 1. The Kier molecular flexibility index (Phi) is 3.34. The number of phenols is 1. The molecule has 76 valence electrons. The molecule has 0 aliphatic rings. The van der Waals surface area contributed by atoms with Crippen molar-refractivity contribution in [3.8, 4) is 17.2 Å². The van der Waals surface area contributed by atoms with Crippen LogP contribution in [0, 0.1) is 0 Å². The van der Waals surface area contributed by atoms with E-state index in [1.807, 2.05) is 0 Å². The molecule has 1 aromatic rings. The Hall–Kier alpha value is -1.71. The fourth-order valence-electron chi connectivity index (χ4n) is 0.905. The number of esters is 1. The van der Waals surface area contributed by atoms with Crippen LogP contribution < -0.4 is 9.47 Å². The van der Waals surface area contributed by atoms with Gasteiger partial charge in [0.15, 0.2) is 11.5 Å². The highest BCUT2D eigenvalue weighted by Gasteiger charge is 2.07. The van der Waals surface area contributed by atoms with Gasteiger partial charge < -0.3 is 14.6 Å². The summed E-state index contributed by atoms with van der Waals surface area (Å²) in [4.78, 5) is 10.9. The maximum atomic E-state index is 10.9. The van der Waals surface area contributed by atoms with Crippen molar-refractivity contribution in [2.24, 2.45) is 0 Å². The molecule has 0 atom stereocenters. The zero-order valence-electron chi connectivity index (χ0n) is 8.11. The summed E-state index contributed by atoms with van der Waals surface area (Å²) in [5, 5.41) is 9.41. The molecule has 1 rings (SSSR count). The van der Waals surface area contributed by atoms with Gasteiger partial charge in [-0.15, -0.1) is 0 Å². The zero-order chi connectivity index (χ0) is 10.6. The highest BCUT2D eigenvalue weighted by molar-refractivity contribution is 5.72. The topological polar surface area (TPSA) is 55.8 Å². The van der Waals surface area contributed by atoms with Crippen molar-refractivity contribution >= 4 is 5.97 Å². The molecular weight excluding hydrogens is 184 g/mol. The van der Waals surface area contributed by atoms with Crippen molar-refractivity contribution in [3.63, 3.8) is 0 Å². The normalized spacial score (nSPS) is 9.57. The van der Waals surface area contributed by atoms with Crippen LogP contribution in [0.5, 0.6) is 17.2 Å². The molecule has 0 aromatic heterocycles. The molecule has 0 saturated heterocycles. The highest BCUT2D eigenvalue weighted by atomic mass is 16.5. The number of aromatic hydroxyl groups is 1. The molecule has 4 nitrogen and oxygen atoms in total. The van der Waals surface area contributed by atoms with Crippen molar-refractivity contribution in [2.75, 3.05) is 7.11 Å². The van der Waals surface area contributed by atoms with E-state index in [1.165, 1.54) is 19.2 Å². The number of carbonyl (C=O) groups is 1. The number of rotatable bonds is 3. The number of carbonyl (C=O) groups excluding carboxylic acids is 1. The van der Waals surface area contributed by atoms with Crippen molar-refractivity contribution in [3.05, 3.63) is 18.2 Å². The number of hydrogen-bond acceptors (Lipinski definition) is 4. The van der Waals surface area contributed by atoms with Crippen LogP contribution in [0.4, 0.5) is 0 Å². The molecule has 0 aliphatic carbocycles. The SMILES string of the molecule is CCC(=O)Oc1ccc(OC)cc1O. The molecule has 0 aliphatic heterocycles. The van der Waals surface area contributed by atoms with E-state index < -0.39 is 0 Å². The molecule has 0 unspecified atom stereocenters. The van der Waals surface area contributed by atoms with Gasteiger partial charge in [0.1, 0.15) is 5.75 Å². The lowest BCUT2D eigenvalue weighted by molar-refractivity contribution is -0.134. The van der Waals surface area contributed by atoms with Crippen LogP contribution in [0.3, 0.4) is 0 Å². The van der Waals surface area contributed by atoms with E-state index in [1.54, 1.807) is 13.0 Å². The third kappa shape index (κ3) is 2.39. The maximum absolute atomic E-state index is 10.9. The molecule has 0 saturated carbocycles. The number of ether oxygens (including phenoxy) is 2. The minimum atomic E-state index is -0.384. The van der Waals surface area contributed by atoms with E-state index in [2.05, 4.69) is 0 Å². The summed E-state index contributed by atoms with van der Waals surface area (Å²) < 4.78 is 9.73. The predicted octanol–water partition coefficient (Wildman–Crippen LogP) is 1.72. The van der Waals surface area contributed by atoms with Crippen molar-refractivity contribution in [1.29, 1.82) is 0 Å². The first-order chi connectivity index (χ1) is 6.67. The van der Waals surface area contributed by atoms with Gasteiger partial charge in [0.2, 0.25) is 0 Å². The van der Waals surface area contributed by atoms with Crippen molar-refractivity contribution in [1.82, 2.24) is 0 Å². The summed E-state index contributed by atoms with van der Waals surface area (Å²) >= 11 is 0. The molecule has 0 bridgehead atoms. The van der Waals surface area contributed by atoms with Gasteiger partial charge in [-0.3, -0.25) is 4.79 Å². The quantitative estimate of drug-likeness (QED) is 0.590. The van der Waals surface area contributed by atoms with Gasteiger partial charge in [0.05, 0.1) is 7.11 Å². The lowest BCUT2D eigenvalue weighted by Gasteiger charge is -2.06. The number of hydrogen-bond donors (Lipinski definition) is 1. The molecule has 0 amide bonds. The van der Waals surface area contributed by atoms with Crippen LogP contribution in [-0.2, 0) is 4.79 Å². The van der Waals surface area contributed by atoms with Crippen LogP contribution in [0.2, 0.25) is 0 Å². The summed E-state index contributed by atoms with van der Waals surface area (Å²) in [6.07, 6.45) is 0.269. The third-order valence-corrected chi connectivity index (χ3v) is 1.68. The Balaban J connectivity index is 2.83. The van der Waals surface area contributed by atoms with Crippen LogP contribution in [0.15, 0.2) is 18.2 Å². The molecule has 4 heteroatoms. The lowest BCUT2D eigenvalue weighted by Crippen LogP contribution is -2.05. The van der Waals surface area contributed by atoms with Crippen molar-refractivity contribution in [2.45, 2.75) is 13.3 Å². The second kappa shape index (κ2) is 4.50. The van der Waals surface area contributed by atoms with Gasteiger partial charge in [-0.1, -0.05) is 6.92 Å². The first-order valence-corrected chi connectivity index (χ1v) is 4.25. The van der Waals surface area contributed by atoms with Gasteiger partial charge in [-0.2, -0.15) is 0 Å². The molecule has 1 N–H and O–H groups in total. The van der Waals surface area contributed by atoms with Crippen LogP contribution >= 0.6 is 0 Å². The Bertz CT molecular complexity index is 333. The minimum absolute atomic E-state index is 0.105. The molecule has 1 aromatic carbocycles. The van der Waals surface area contributed by atoms with E-state index in [-0.39, 0.29) is 23.9 Å². The standard InChI is InChI=1S/C10H12O4/c1-3-10(12)14-9-5-4-7(13-2)6-8(9)11/h4-6,11H,3H2,1-2H3. The van der Waals surface area contributed by atoms with E-state index >= 15 is 0 Å². The summed E-state index contributed by atoms with van der Waals surface area (Å²) in [6, 6.07) is 4.48. The monoisotopic (exact) mass is 196 g/mol. The minimum Gasteiger partial charge on any atom is -0.504 e. The Morgan fingerprint density at radius 3 is 2.71 bits per heavy atom. The Morgan fingerprint density at radius 2 is 2.21 bits per heavy atom. The van der Waals surface area contributed by atoms with Crippen LogP contribution in [-0.4, -0.2) is 18.2 Å². The summed E-state index contributed by atoms with van der Waals surface area (Å²) in [7, 11) is 1.49. The lowest BCUT2D eigenvalue weighted by atomic mass is 10.3. The van der Waals surface area contributed by atoms with Gasteiger partial charge in [0.25, 0.3) is 0 Å². The first-order valence-electron chi connectivity index (χ1n) is 4.25. The van der Waals surface area contributed by atoms with Crippen LogP contribution in [0.25, 0.3) is 0 Å². The smallest absolute Gasteiger partial charge is 0.311 e. The largest absolute Gasteiger partial charge is 0.504 e. The Labute approximate surface area is 82.1 Å². The Morgan fingerprint density at radius 1 is 1.50 bits per heavy atom. The zero-order valence-corrected chi connectivity index (χ0v) is 8.11. The first kappa shape index (κ1) is 10.4. The second-order valence-corrected chi connectivity index (χ2v) is 2.66. The molecule has 0 spiro atoms. The molecule has 0 fully saturated rings. The highest BCUT2D eigenvalue weighted by Crippen LogP contribution is 2.30. The molecule has 0 heterocycles. The maximum Gasteiger partial charge on any atom is 0.311 e. The summed E-state index contributed by atoms with van der Waals surface area (Å²) in [5.74, 6) is 0.174. The second-order valence-electron chi connectivity index (χ2n) is 2.66. The number of phenolic OH excluding ortho intramolecular Hbond substituents is 1. The van der Waals surface area contributed by atoms with E-state index in [0.717, 1.165) is 0 Å². The van der Waals surface area contributed by atoms with Gasteiger partial charge in [0, 0.05) is 12.5 Å². The third-order valence-electron chi connectivity index (χ3n) is 1.68. The molecule has 0 radical (unpaired) electrons. The summed E-state index contributed by atoms with van der Waals surface area (Å²) in [5.41, 5.74) is 0. The van der Waals surface area contributed by atoms with E-state index in [0.29, 0.717) is 5.75 Å².